The summed E-state index contributed by atoms with van der Waals surface area (Å²) in [4.78, 5) is 0.113. The summed E-state index contributed by atoms with van der Waals surface area (Å²) in [6.45, 7) is 0. The molecular formula is C13H17FO5S. The maximum atomic E-state index is 14.0. The van der Waals surface area contributed by atoms with E-state index in [-0.39, 0.29) is 4.90 Å². The summed E-state index contributed by atoms with van der Waals surface area (Å²) in [5.41, 5.74) is 0. The fourth-order valence-electron chi connectivity index (χ4n) is 1.57. The van der Waals surface area contributed by atoms with Gasteiger partial charge in [0.25, 0.3) is 0 Å². The molecule has 1 aromatic rings. The minimum absolute atomic E-state index is 0.113. The summed E-state index contributed by atoms with van der Waals surface area (Å²) < 4.78 is 52.3. The highest BCUT2D eigenvalue weighted by molar-refractivity contribution is 7.91. The van der Waals surface area contributed by atoms with Gasteiger partial charge >= 0.3 is 5.97 Å². The zero-order valence-corrected chi connectivity index (χ0v) is 12.3. The van der Waals surface area contributed by atoms with Crippen LogP contribution in [0.25, 0.3) is 0 Å². The van der Waals surface area contributed by atoms with Crippen LogP contribution in [0.1, 0.15) is 0 Å². The molecule has 0 fully saturated rings. The fourth-order valence-corrected chi connectivity index (χ4v) is 2.70. The third-order valence-corrected chi connectivity index (χ3v) is 4.28. The molecule has 0 radical (unpaired) electrons. The molecule has 0 heterocycles. The van der Waals surface area contributed by atoms with E-state index in [1.807, 2.05) is 0 Å². The van der Waals surface area contributed by atoms with Gasteiger partial charge in [0.05, 0.1) is 10.6 Å². The number of hydrogen-bond donors (Lipinski definition) is 0. The maximum absolute atomic E-state index is 14.0. The largest absolute Gasteiger partial charge is 0.338 e. The zero-order chi connectivity index (χ0) is 15.2. The topological polar surface area (TPSA) is 61.8 Å². The van der Waals surface area contributed by atoms with Crippen molar-refractivity contribution < 1.29 is 27.0 Å². The molecule has 20 heavy (non-hydrogen) atoms. The molecule has 0 amide bonds. The van der Waals surface area contributed by atoms with Crippen LogP contribution in [-0.4, -0.2) is 41.5 Å². The summed E-state index contributed by atoms with van der Waals surface area (Å²) in [6, 6.07) is 7.77. The lowest BCUT2D eigenvalue weighted by Crippen LogP contribution is -2.37. The average Bonchev–Trinajstić information content (AvgIpc) is 2.48. The standard InChI is InChI=1S/C13H17FO5S/c1-17-13(18-2,19-3)12(14)9-10-20(15,16)11-7-5-4-6-8-11/h4-9H,10H2,1-3H3. The summed E-state index contributed by atoms with van der Waals surface area (Å²) >= 11 is 0. The van der Waals surface area contributed by atoms with Crippen LogP contribution in [0.3, 0.4) is 0 Å². The monoisotopic (exact) mass is 304 g/mol. The first-order chi connectivity index (χ1) is 9.41. The average molecular weight is 304 g/mol. The number of ether oxygens (including phenoxy) is 3. The van der Waals surface area contributed by atoms with E-state index >= 15 is 0 Å². The number of sulfone groups is 1. The van der Waals surface area contributed by atoms with E-state index in [2.05, 4.69) is 0 Å². The first-order valence-electron chi connectivity index (χ1n) is 5.71. The Morgan fingerprint density at radius 1 is 1.15 bits per heavy atom. The van der Waals surface area contributed by atoms with Crippen molar-refractivity contribution in [1.29, 1.82) is 0 Å². The van der Waals surface area contributed by atoms with Crippen molar-refractivity contribution in [2.75, 3.05) is 27.1 Å². The van der Waals surface area contributed by atoms with Gasteiger partial charge in [0.1, 0.15) is 0 Å². The van der Waals surface area contributed by atoms with E-state index < -0.39 is 27.4 Å². The van der Waals surface area contributed by atoms with Crippen molar-refractivity contribution in [2.45, 2.75) is 10.9 Å². The Bertz CT molecular complexity index is 541. The highest BCUT2D eigenvalue weighted by atomic mass is 32.2. The predicted molar refractivity (Wildman–Crippen MR) is 71.4 cm³/mol. The van der Waals surface area contributed by atoms with Crippen molar-refractivity contribution >= 4 is 9.84 Å². The Kier molecular flexibility index (Phi) is 5.82. The van der Waals surface area contributed by atoms with Crippen LogP contribution in [0.4, 0.5) is 4.39 Å². The molecule has 1 aromatic carbocycles. The molecule has 0 aliphatic heterocycles. The van der Waals surface area contributed by atoms with Crippen LogP contribution in [0.5, 0.6) is 0 Å². The van der Waals surface area contributed by atoms with Gasteiger partial charge in [0, 0.05) is 21.3 Å². The third kappa shape index (κ3) is 3.63. The van der Waals surface area contributed by atoms with Crippen molar-refractivity contribution in [1.82, 2.24) is 0 Å². The summed E-state index contributed by atoms with van der Waals surface area (Å²) in [7, 11) is -0.0635. The minimum atomic E-state index is -3.62. The quantitative estimate of drug-likeness (QED) is 0.720. The molecule has 0 aromatic heterocycles. The summed E-state index contributed by atoms with van der Waals surface area (Å²) in [5, 5.41) is 0. The number of halogens is 1. The molecule has 0 N–H and O–H groups in total. The number of benzene rings is 1. The van der Waals surface area contributed by atoms with E-state index in [9.17, 15) is 12.8 Å². The van der Waals surface area contributed by atoms with Crippen LogP contribution >= 0.6 is 0 Å². The molecule has 5 nitrogen and oxygen atoms in total. The fraction of sp³-hybridized carbons (Fsp3) is 0.385. The lowest BCUT2D eigenvalue weighted by molar-refractivity contribution is -0.334. The van der Waals surface area contributed by atoms with Gasteiger partial charge in [-0.1, -0.05) is 18.2 Å². The number of rotatable bonds is 7. The highest BCUT2D eigenvalue weighted by Crippen LogP contribution is 2.24. The number of hydrogen-bond acceptors (Lipinski definition) is 5. The molecule has 0 unspecified atom stereocenters. The molecule has 7 heteroatoms. The summed E-state index contributed by atoms with van der Waals surface area (Å²) in [6.07, 6.45) is 0.860. The van der Waals surface area contributed by atoms with Gasteiger partial charge in [-0.25, -0.2) is 12.8 Å². The second-order valence-corrected chi connectivity index (χ2v) is 5.85. The third-order valence-electron chi connectivity index (χ3n) is 2.68. The molecule has 0 saturated heterocycles. The van der Waals surface area contributed by atoms with E-state index in [1.54, 1.807) is 18.2 Å². The van der Waals surface area contributed by atoms with Crippen molar-refractivity contribution in [2.24, 2.45) is 0 Å². The van der Waals surface area contributed by atoms with E-state index in [1.165, 1.54) is 33.5 Å². The maximum Gasteiger partial charge on any atom is 0.338 e. The molecular weight excluding hydrogens is 287 g/mol. The molecule has 0 spiro atoms. The van der Waals surface area contributed by atoms with Crippen LogP contribution in [0, 0.1) is 0 Å². The lowest BCUT2D eigenvalue weighted by atomic mass is 10.4. The molecule has 0 atom stereocenters. The van der Waals surface area contributed by atoms with Gasteiger partial charge in [-0.2, -0.15) is 0 Å². The van der Waals surface area contributed by atoms with Crippen LogP contribution < -0.4 is 0 Å². The number of methoxy groups -OCH3 is 3. The van der Waals surface area contributed by atoms with Crippen LogP contribution in [0.2, 0.25) is 0 Å². The Labute approximate surface area is 117 Å². The van der Waals surface area contributed by atoms with E-state index in [0.717, 1.165) is 6.08 Å². The Morgan fingerprint density at radius 2 is 1.65 bits per heavy atom. The lowest BCUT2D eigenvalue weighted by Gasteiger charge is -2.26. The van der Waals surface area contributed by atoms with Crippen LogP contribution in [-0.2, 0) is 24.0 Å². The molecule has 0 saturated carbocycles. The Hall–Kier alpha value is -1.28. The SMILES string of the molecule is COC(OC)(OC)C(F)=CCS(=O)(=O)c1ccccc1. The van der Waals surface area contributed by atoms with Gasteiger partial charge in [0.15, 0.2) is 15.7 Å². The first kappa shape index (κ1) is 16.8. The molecule has 0 bridgehead atoms. The smallest absolute Gasteiger partial charge is 0.325 e. The van der Waals surface area contributed by atoms with Gasteiger partial charge < -0.3 is 14.2 Å². The summed E-state index contributed by atoms with van der Waals surface area (Å²) in [5.74, 6) is -3.52. The van der Waals surface area contributed by atoms with Gasteiger partial charge in [-0.3, -0.25) is 0 Å². The Balaban J connectivity index is 2.97. The van der Waals surface area contributed by atoms with E-state index in [0.29, 0.717) is 0 Å². The van der Waals surface area contributed by atoms with Crippen LogP contribution in [0.15, 0.2) is 47.1 Å². The molecule has 0 aliphatic rings. The zero-order valence-electron chi connectivity index (χ0n) is 11.5. The second kappa shape index (κ2) is 6.94. The normalized spacial score (nSPS) is 13.5. The molecule has 0 aliphatic carbocycles. The van der Waals surface area contributed by atoms with Gasteiger partial charge in [-0.05, 0) is 18.2 Å². The van der Waals surface area contributed by atoms with Crippen molar-refractivity contribution in [3.63, 3.8) is 0 Å². The van der Waals surface area contributed by atoms with Crippen molar-refractivity contribution in [3.8, 4) is 0 Å². The molecule has 112 valence electrons. The minimum Gasteiger partial charge on any atom is -0.325 e. The van der Waals surface area contributed by atoms with Gasteiger partial charge in [0.2, 0.25) is 0 Å². The van der Waals surface area contributed by atoms with E-state index in [4.69, 9.17) is 14.2 Å². The van der Waals surface area contributed by atoms with Gasteiger partial charge in [-0.15, -0.1) is 0 Å². The molecule has 1 rings (SSSR count). The Morgan fingerprint density at radius 3 is 2.10 bits per heavy atom. The second-order valence-electron chi connectivity index (χ2n) is 3.82. The predicted octanol–water partition coefficient (Wildman–Crippen LogP) is 1.91. The highest BCUT2D eigenvalue weighted by Gasteiger charge is 2.36. The first-order valence-corrected chi connectivity index (χ1v) is 7.36. The van der Waals surface area contributed by atoms with Crippen molar-refractivity contribution in [3.05, 3.63) is 42.2 Å².